The first-order valence-corrected chi connectivity index (χ1v) is 12.8. The molecule has 4 rings (SSSR count). The number of phenols is 1. The number of nitrogens with one attached hydrogen (secondary N) is 3. The number of rotatable bonds is 10. The molecule has 1 unspecified atom stereocenters. The van der Waals surface area contributed by atoms with Crippen LogP contribution in [0, 0.1) is 0 Å². The number of amides is 3. The first-order valence-electron chi connectivity index (χ1n) is 12.8. The molecule has 0 fully saturated rings. The second-order valence-electron chi connectivity index (χ2n) is 9.26. The zero-order valence-electron chi connectivity index (χ0n) is 21.8. The highest BCUT2D eigenvalue weighted by atomic mass is 16.4. The van der Waals surface area contributed by atoms with Gasteiger partial charge in [0.1, 0.15) is 17.1 Å². The molecule has 40 heavy (non-hydrogen) atoms. The average molecular weight is 547 g/mol. The van der Waals surface area contributed by atoms with Crippen molar-refractivity contribution in [3.05, 3.63) is 70.4 Å². The number of carboxylic acid groups (broad SMARTS) is 1. The van der Waals surface area contributed by atoms with Crippen molar-refractivity contribution in [1.82, 2.24) is 10.6 Å². The number of aromatic carboxylic acids is 1. The summed E-state index contributed by atoms with van der Waals surface area (Å²) >= 11 is 0. The Morgan fingerprint density at radius 3 is 2.50 bits per heavy atom. The Morgan fingerprint density at radius 2 is 1.75 bits per heavy atom. The topological polar surface area (TPSA) is 184 Å². The highest BCUT2D eigenvalue weighted by Gasteiger charge is 2.22. The Hall–Kier alpha value is -4.90. The lowest BCUT2D eigenvalue weighted by Crippen LogP contribution is -2.40. The average Bonchev–Trinajstić information content (AvgIpc) is 2.91. The van der Waals surface area contributed by atoms with Gasteiger partial charge in [-0.15, -0.1) is 0 Å². The molecule has 2 aromatic rings. The van der Waals surface area contributed by atoms with E-state index in [9.17, 15) is 29.4 Å². The summed E-state index contributed by atoms with van der Waals surface area (Å²) < 4.78 is 5.84. The molecule has 208 valence electrons. The fourth-order valence-corrected chi connectivity index (χ4v) is 4.47. The van der Waals surface area contributed by atoms with E-state index in [2.05, 4.69) is 16.0 Å². The number of urea groups is 1. The SMILES string of the molecule is CCNC(=O)C(N)CCCCNC(=O)Nc1ccc(-c2c3ccc(=O)cc-3oc3cc(O)ccc23)c(C(=O)O)c1. The maximum atomic E-state index is 12.4. The van der Waals surface area contributed by atoms with E-state index in [0.29, 0.717) is 54.4 Å². The van der Waals surface area contributed by atoms with Crippen molar-refractivity contribution in [2.45, 2.75) is 32.2 Å². The number of carbonyl (C=O) groups excluding carboxylic acids is 2. The number of carboxylic acids is 1. The smallest absolute Gasteiger partial charge is 0.336 e. The molecular formula is C29H30N4O7. The van der Waals surface area contributed by atoms with Crippen LogP contribution in [0.15, 0.2) is 63.8 Å². The van der Waals surface area contributed by atoms with Crippen molar-refractivity contribution >= 4 is 34.6 Å². The van der Waals surface area contributed by atoms with Gasteiger partial charge in [0.2, 0.25) is 5.91 Å². The first kappa shape index (κ1) is 28.1. The summed E-state index contributed by atoms with van der Waals surface area (Å²) in [5, 5.41) is 28.6. The second-order valence-corrected chi connectivity index (χ2v) is 9.26. The summed E-state index contributed by atoms with van der Waals surface area (Å²) in [4.78, 5) is 48.4. The van der Waals surface area contributed by atoms with E-state index in [1.54, 1.807) is 24.3 Å². The zero-order valence-corrected chi connectivity index (χ0v) is 21.8. The quantitative estimate of drug-likeness (QED) is 0.128. The lowest BCUT2D eigenvalue weighted by molar-refractivity contribution is -0.122. The lowest BCUT2D eigenvalue weighted by atomic mass is 9.90. The molecule has 7 N–H and O–H groups in total. The number of anilines is 1. The van der Waals surface area contributed by atoms with Crippen LogP contribution in [0.2, 0.25) is 0 Å². The van der Waals surface area contributed by atoms with E-state index in [0.717, 1.165) is 0 Å². The van der Waals surface area contributed by atoms with Crippen LogP contribution >= 0.6 is 0 Å². The zero-order chi connectivity index (χ0) is 28.8. The molecule has 3 amide bonds. The number of carbonyl (C=O) groups is 3. The maximum absolute atomic E-state index is 12.4. The predicted octanol–water partition coefficient (Wildman–Crippen LogP) is 3.72. The van der Waals surface area contributed by atoms with Crippen molar-refractivity contribution in [2.24, 2.45) is 5.73 Å². The van der Waals surface area contributed by atoms with Crippen LogP contribution in [0.5, 0.6) is 5.75 Å². The Kier molecular flexibility index (Phi) is 8.65. The number of likely N-dealkylation sites (N-methyl/N-ethyl adjacent to an activating group) is 1. The summed E-state index contributed by atoms with van der Waals surface area (Å²) in [6.45, 7) is 2.68. The van der Waals surface area contributed by atoms with Gasteiger partial charge in [-0.1, -0.05) is 6.07 Å². The molecular weight excluding hydrogens is 516 g/mol. The minimum atomic E-state index is -1.22. The standard InChI is InChI=1S/C29H30N4O7/c1-2-31-27(36)23(30)5-3-4-12-32-29(39)33-16-6-9-19(22(13-16)28(37)38)26-20-10-7-17(34)14-24(20)40-25-15-18(35)8-11-21(25)26/h6-11,13-15,23,34H,2-5,12,30H2,1H3,(H,31,36)(H,37,38)(H2,32,33,39). The molecule has 2 aromatic carbocycles. The molecule has 0 bridgehead atoms. The van der Waals surface area contributed by atoms with Gasteiger partial charge in [-0.25, -0.2) is 9.59 Å². The highest BCUT2D eigenvalue weighted by Crippen LogP contribution is 2.42. The molecule has 0 radical (unpaired) electrons. The van der Waals surface area contributed by atoms with Crippen molar-refractivity contribution in [3.8, 4) is 28.2 Å². The van der Waals surface area contributed by atoms with E-state index in [1.165, 1.54) is 30.3 Å². The van der Waals surface area contributed by atoms with Crippen molar-refractivity contribution in [2.75, 3.05) is 18.4 Å². The van der Waals surface area contributed by atoms with E-state index in [4.69, 9.17) is 10.2 Å². The molecule has 1 aliphatic carbocycles. The van der Waals surface area contributed by atoms with Gasteiger partial charge in [0.25, 0.3) is 0 Å². The summed E-state index contributed by atoms with van der Waals surface area (Å²) in [6, 6.07) is 12.1. The van der Waals surface area contributed by atoms with Crippen LogP contribution in [-0.2, 0) is 4.79 Å². The van der Waals surface area contributed by atoms with Crippen molar-refractivity contribution in [3.63, 3.8) is 0 Å². The summed E-state index contributed by atoms with van der Waals surface area (Å²) in [5.41, 5.74) is 7.38. The van der Waals surface area contributed by atoms with Gasteiger partial charge in [0.15, 0.2) is 5.43 Å². The summed E-state index contributed by atoms with van der Waals surface area (Å²) in [5.74, 6) is -1.23. The van der Waals surface area contributed by atoms with E-state index in [1.807, 2.05) is 6.92 Å². The first-order chi connectivity index (χ1) is 19.2. The molecule has 0 saturated heterocycles. The largest absolute Gasteiger partial charge is 0.508 e. The van der Waals surface area contributed by atoms with E-state index in [-0.39, 0.29) is 39.7 Å². The number of nitrogens with two attached hydrogens (primary N) is 1. The van der Waals surface area contributed by atoms with Gasteiger partial charge >= 0.3 is 12.0 Å². The molecule has 0 saturated carbocycles. The fourth-order valence-electron chi connectivity index (χ4n) is 4.47. The molecule has 0 aromatic heterocycles. The van der Waals surface area contributed by atoms with Gasteiger partial charge < -0.3 is 36.3 Å². The third kappa shape index (κ3) is 6.38. The van der Waals surface area contributed by atoms with Crippen LogP contribution in [0.25, 0.3) is 33.4 Å². The second kappa shape index (κ2) is 12.3. The van der Waals surface area contributed by atoms with Crippen molar-refractivity contribution < 1.29 is 29.0 Å². The Morgan fingerprint density at radius 1 is 0.975 bits per heavy atom. The summed E-state index contributed by atoms with van der Waals surface area (Å²) in [7, 11) is 0. The number of benzene rings is 3. The normalized spacial score (nSPS) is 11.8. The van der Waals surface area contributed by atoms with Gasteiger partial charge in [-0.2, -0.15) is 0 Å². The monoisotopic (exact) mass is 546 g/mol. The van der Waals surface area contributed by atoms with E-state index < -0.39 is 18.0 Å². The number of hydrogen-bond donors (Lipinski definition) is 6. The molecule has 1 aliphatic heterocycles. The summed E-state index contributed by atoms with van der Waals surface area (Å²) in [6.07, 6.45) is 1.75. The van der Waals surface area contributed by atoms with Crippen LogP contribution in [0.4, 0.5) is 10.5 Å². The Balaban J connectivity index is 1.54. The number of phenolic OH excluding ortho intramolecular Hbond substituents is 1. The highest BCUT2D eigenvalue weighted by molar-refractivity contribution is 6.08. The molecule has 1 heterocycles. The number of fused-ring (bicyclic) bond motifs is 2. The lowest BCUT2D eigenvalue weighted by Gasteiger charge is -2.17. The van der Waals surface area contributed by atoms with Crippen LogP contribution in [0.3, 0.4) is 0 Å². The number of hydrogen-bond acceptors (Lipinski definition) is 7. The molecule has 1 atom stereocenters. The van der Waals surface area contributed by atoms with E-state index >= 15 is 0 Å². The van der Waals surface area contributed by atoms with Crippen LogP contribution in [0.1, 0.15) is 36.5 Å². The number of unbranched alkanes of at least 4 members (excludes halogenated alkanes) is 1. The van der Waals surface area contributed by atoms with Gasteiger partial charge in [-0.3, -0.25) is 9.59 Å². The third-order valence-electron chi connectivity index (χ3n) is 6.37. The minimum absolute atomic E-state index is 0.0475. The van der Waals surface area contributed by atoms with Gasteiger partial charge in [0.05, 0.1) is 11.6 Å². The Labute approximate surface area is 229 Å². The van der Waals surface area contributed by atoms with Crippen LogP contribution < -0.4 is 27.1 Å². The third-order valence-corrected chi connectivity index (χ3v) is 6.37. The minimum Gasteiger partial charge on any atom is -0.508 e. The van der Waals surface area contributed by atoms with Crippen LogP contribution in [-0.4, -0.2) is 47.3 Å². The maximum Gasteiger partial charge on any atom is 0.336 e. The fraction of sp³-hybridized carbons (Fsp3) is 0.241. The van der Waals surface area contributed by atoms with Crippen molar-refractivity contribution in [1.29, 1.82) is 0 Å². The van der Waals surface area contributed by atoms with Gasteiger partial charge in [-0.05, 0) is 68.1 Å². The molecule has 11 heteroatoms. The Bertz CT molecular complexity index is 1600. The predicted molar refractivity (Wildman–Crippen MR) is 151 cm³/mol. The molecule has 11 nitrogen and oxygen atoms in total. The van der Waals surface area contributed by atoms with Gasteiger partial charge in [0, 0.05) is 47.4 Å². The number of aromatic hydroxyl groups is 1. The molecule has 0 spiro atoms. The molecule has 2 aliphatic rings.